The lowest BCUT2D eigenvalue weighted by molar-refractivity contribution is -0.136. The zero-order valence-electron chi connectivity index (χ0n) is 10.4. The van der Waals surface area contributed by atoms with Crippen LogP contribution in [-0.4, -0.2) is 31.3 Å². The molecule has 5 nitrogen and oxygen atoms in total. The lowest BCUT2D eigenvalue weighted by atomic mass is 9.81. The van der Waals surface area contributed by atoms with Gasteiger partial charge in [0.1, 0.15) is 0 Å². The van der Waals surface area contributed by atoms with Gasteiger partial charge < -0.3 is 5.11 Å². The minimum absolute atomic E-state index is 0.203. The van der Waals surface area contributed by atoms with E-state index in [0.29, 0.717) is 5.92 Å². The highest BCUT2D eigenvalue weighted by molar-refractivity contribution is 7.90. The van der Waals surface area contributed by atoms with E-state index in [2.05, 4.69) is 4.72 Å². The highest BCUT2D eigenvalue weighted by Crippen LogP contribution is 2.25. The molecular formula is C10H21NO4S. The summed E-state index contributed by atoms with van der Waals surface area (Å²) in [4.78, 5) is 10.6. The van der Waals surface area contributed by atoms with Gasteiger partial charge in [0.05, 0.1) is 0 Å². The fraction of sp³-hybridized carbons (Fsp3) is 0.900. The standard InChI is InChI=1S/C10H21NO4S/c1-7(2)10(4,5)6-11-16(14,15)8(3)9(12)13/h7-8,11H,6H2,1-5H3,(H,12,13). The van der Waals surface area contributed by atoms with Gasteiger partial charge in [-0.15, -0.1) is 0 Å². The summed E-state index contributed by atoms with van der Waals surface area (Å²) in [6.45, 7) is 9.26. The monoisotopic (exact) mass is 251 g/mol. The van der Waals surface area contributed by atoms with Crippen LogP contribution in [0.2, 0.25) is 0 Å². The van der Waals surface area contributed by atoms with Crippen LogP contribution in [0.5, 0.6) is 0 Å². The molecule has 0 aromatic heterocycles. The van der Waals surface area contributed by atoms with Crippen molar-refractivity contribution in [2.24, 2.45) is 11.3 Å². The number of sulfonamides is 1. The van der Waals surface area contributed by atoms with Crippen LogP contribution < -0.4 is 4.72 Å². The third-order valence-electron chi connectivity index (χ3n) is 3.11. The number of carboxylic acid groups (broad SMARTS) is 1. The maximum absolute atomic E-state index is 11.5. The van der Waals surface area contributed by atoms with Gasteiger partial charge in [-0.1, -0.05) is 27.7 Å². The highest BCUT2D eigenvalue weighted by atomic mass is 32.2. The predicted octanol–water partition coefficient (Wildman–Crippen LogP) is 1.06. The Morgan fingerprint density at radius 2 is 1.75 bits per heavy atom. The van der Waals surface area contributed by atoms with Crippen LogP contribution in [0.4, 0.5) is 0 Å². The molecule has 0 aromatic rings. The van der Waals surface area contributed by atoms with Gasteiger partial charge in [0.2, 0.25) is 10.0 Å². The lowest BCUT2D eigenvalue weighted by Crippen LogP contribution is -2.43. The minimum atomic E-state index is -3.78. The fourth-order valence-electron chi connectivity index (χ4n) is 0.748. The molecule has 0 radical (unpaired) electrons. The second-order valence-corrected chi connectivity index (χ2v) is 7.08. The molecule has 1 atom stereocenters. The summed E-state index contributed by atoms with van der Waals surface area (Å²) in [6.07, 6.45) is 0. The summed E-state index contributed by atoms with van der Waals surface area (Å²) in [5.74, 6) is -1.04. The van der Waals surface area contributed by atoms with E-state index in [1.165, 1.54) is 0 Å². The van der Waals surface area contributed by atoms with Crippen molar-refractivity contribution in [2.75, 3.05) is 6.54 Å². The zero-order chi connectivity index (χ0) is 13.1. The Morgan fingerprint density at radius 1 is 1.31 bits per heavy atom. The molecule has 6 heteroatoms. The van der Waals surface area contributed by atoms with E-state index >= 15 is 0 Å². The molecule has 0 rings (SSSR count). The van der Waals surface area contributed by atoms with Crippen LogP contribution in [0.1, 0.15) is 34.6 Å². The molecule has 0 aliphatic heterocycles. The molecule has 0 saturated heterocycles. The van der Waals surface area contributed by atoms with E-state index in [4.69, 9.17) is 5.11 Å². The summed E-state index contributed by atoms with van der Waals surface area (Å²) >= 11 is 0. The Hall–Kier alpha value is -0.620. The molecule has 0 heterocycles. The third kappa shape index (κ3) is 4.09. The van der Waals surface area contributed by atoms with Gasteiger partial charge in [0.15, 0.2) is 5.25 Å². The normalized spacial score (nSPS) is 15.1. The quantitative estimate of drug-likeness (QED) is 0.739. The van der Waals surface area contributed by atoms with Gasteiger partial charge in [-0.3, -0.25) is 4.79 Å². The average molecular weight is 251 g/mol. The Morgan fingerprint density at radius 3 is 2.06 bits per heavy atom. The van der Waals surface area contributed by atoms with Crippen molar-refractivity contribution >= 4 is 16.0 Å². The molecule has 96 valence electrons. The molecule has 0 aromatic carbocycles. The summed E-state index contributed by atoms with van der Waals surface area (Å²) < 4.78 is 25.5. The van der Waals surface area contributed by atoms with Crippen molar-refractivity contribution in [1.29, 1.82) is 0 Å². The summed E-state index contributed by atoms with van der Waals surface area (Å²) in [5.41, 5.74) is -0.203. The summed E-state index contributed by atoms with van der Waals surface area (Å²) in [7, 11) is -3.78. The topological polar surface area (TPSA) is 83.5 Å². The maximum Gasteiger partial charge on any atom is 0.323 e. The van der Waals surface area contributed by atoms with Gasteiger partial charge in [-0.25, -0.2) is 13.1 Å². The largest absolute Gasteiger partial charge is 0.480 e. The summed E-state index contributed by atoms with van der Waals surface area (Å²) in [5, 5.41) is 7.22. The van der Waals surface area contributed by atoms with Crippen LogP contribution in [-0.2, 0) is 14.8 Å². The number of hydrogen-bond acceptors (Lipinski definition) is 3. The van der Waals surface area contributed by atoms with Crippen LogP contribution >= 0.6 is 0 Å². The number of carbonyl (C=O) groups is 1. The van der Waals surface area contributed by atoms with Crippen molar-refractivity contribution in [1.82, 2.24) is 4.72 Å². The smallest absolute Gasteiger partial charge is 0.323 e. The summed E-state index contributed by atoms with van der Waals surface area (Å²) in [6, 6.07) is 0. The first-order valence-electron chi connectivity index (χ1n) is 5.22. The Balaban J connectivity index is 4.59. The molecule has 0 saturated carbocycles. The van der Waals surface area contributed by atoms with Gasteiger partial charge in [0.25, 0.3) is 0 Å². The van der Waals surface area contributed by atoms with Crippen molar-refractivity contribution in [3.8, 4) is 0 Å². The second-order valence-electron chi connectivity index (χ2n) is 4.99. The number of carboxylic acids is 1. The van der Waals surface area contributed by atoms with Crippen molar-refractivity contribution < 1.29 is 18.3 Å². The molecular weight excluding hydrogens is 230 g/mol. The number of hydrogen-bond donors (Lipinski definition) is 2. The molecule has 2 N–H and O–H groups in total. The second kappa shape index (κ2) is 5.14. The molecule has 0 aliphatic carbocycles. The van der Waals surface area contributed by atoms with E-state index in [0.717, 1.165) is 6.92 Å². The Labute approximate surface area is 97.3 Å². The van der Waals surface area contributed by atoms with Gasteiger partial charge >= 0.3 is 5.97 Å². The molecule has 0 amide bonds. The van der Waals surface area contributed by atoms with Crippen LogP contribution in [0, 0.1) is 11.3 Å². The number of nitrogens with one attached hydrogen (secondary N) is 1. The van der Waals surface area contributed by atoms with Gasteiger partial charge in [-0.2, -0.15) is 0 Å². The minimum Gasteiger partial charge on any atom is -0.480 e. The first-order chi connectivity index (χ1) is 7.00. The Kier molecular flexibility index (Phi) is 4.94. The van der Waals surface area contributed by atoms with E-state index in [1.54, 1.807) is 0 Å². The van der Waals surface area contributed by atoms with E-state index < -0.39 is 21.2 Å². The molecule has 0 spiro atoms. The van der Waals surface area contributed by atoms with E-state index in [1.807, 2.05) is 27.7 Å². The van der Waals surface area contributed by atoms with Gasteiger partial charge in [0, 0.05) is 6.54 Å². The highest BCUT2D eigenvalue weighted by Gasteiger charge is 2.30. The van der Waals surface area contributed by atoms with Crippen molar-refractivity contribution in [2.45, 2.75) is 39.9 Å². The zero-order valence-corrected chi connectivity index (χ0v) is 11.3. The van der Waals surface area contributed by atoms with Crippen LogP contribution in [0.15, 0.2) is 0 Å². The maximum atomic E-state index is 11.5. The average Bonchev–Trinajstić information content (AvgIpc) is 2.13. The SMILES string of the molecule is CC(C)C(C)(C)CNS(=O)(=O)C(C)C(=O)O. The fourth-order valence-corrected chi connectivity index (χ4v) is 1.84. The molecule has 16 heavy (non-hydrogen) atoms. The third-order valence-corrected chi connectivity index (χ3v) is 4.78. The van der Waals surface area contributed by atoms with Crippen molar-refractivity contribution in [3.63, 3.8) is 0 Å². The van der Waals surface area contributed by atoms with E-state index in [-0.39, 0.29) is 12.0 Å². The number of rotatable bonds is 6. The molecule has 0 aliphatic rings. The lowest BCUT2D eigenvalue weighted by Gasteiger charge is -2.29. The van der Waals surface area contributed by atoms with Gasteiger partial charge in [-0.05, 0) is 18.3 Å². The first kappa shape index (κ1) is 15.4. The number of aliphatic carboxylic acids is 1. The Bertz CT molecular complexity index is 346. The van der Waals surface area contributed by atoms with Crippen molar-refractivity contribution in [3.05, 3.63) is 0 Å². The first-order valence-corrected chi connectivity index (χ1v) is 6.76. The molecule has 1 unspecified atom stereocenters. The van der Waals surface area contributed by atoms with Crippen LogP contribution in [0.3, 0.4) is 0 Å². The predicted molar refractivity (Wildman–Crippen MR) is 62.6 cm³/mol. The van der Waals surface area contributed by atoms with Crippen LogP contribution in [0.25, 0.3) is 0 Å². The molecule has 0 fully saturated rings. The van der Waals surface area contributed by atoms with E-state index in [9.17, 15) is 13.2 Å². The molecule has 0 bridgehead atoms.